The predicted octanol–water partition coefficient (Wildman–Crippen LogP) is 24.2. The molecule has 0 heterocycles. The number of halogens is 9. The molecule has 0 radical (unpaired) electrons. The molecule has 0 aliphatic carbocycles. The van der Waals surface area contributed by atoms with Crippen LogP contribution < -0.4 is 20.1 Å². The third-order valence-electron chi connectivity index (χ3n) is 18.3. The van der Waals surface area contributed by atoms with Crippen molar-refractivity contribution in [3.8, 4) is 45.3 Å². The number of ether oxygens (including phenoxy) is 2. The van der Waals surface area contributed by atoms with Crippen LogP contribution in [0.5, 0.6) is 23.0 Å². The molecule has 2 amide bonds. The SMILES string of the molecule is Cc1ccc(C(=O)Nc2ccc(-c3ccc(NC(=O)c4ccc(C)c(C)c4)cc3C(F)(F)F)c(C)c2)cc1C.Cc1ccc(C(c2ccc(C)c(C)c2)(C(F)(F)F)C(F)(F)F)cc1C.Cc1ccc(Oc2c(C)cc(-c3cc(C)c(Oc4ccc(C)c(C)c4)c(C)c3)cc2C)cc1C. The fraction of sp³-hybridized carbons (Fsp3) is 0.253. The van der Waals surface area contributed by atoms with Gasteiger partial charge in [-0.15, -0.1) is 0 Å². The van der Waals surface area contributed by atoms with E-state index in [4.69, 9.17) is 9.47 Å². The predicted molar refractivity (Wildman–Crippen MR) is 377 cm³/mol. The van der Waals surface area contributed by atoms with Crippen molar-refractivity contribution in [1.82, 2.24) is 0 Å². The molecule has 6 nitrogen and oxygen atoms in total. The average Bonchev–Trinajstić information content (AvgIpc) is 0.721. The van der Waals surface area contributed by atoms with Gasteiger partial charge in [0.25, 0.3) is 11.8 Å². The van der Waals surface area contributed by atoms with Crippen molar-refractivity contribution >= 4 is 23.2 Å². The van der Waals surface area contributed by atoms with Gasteiger partial charge in [-0.25, -0.2) is 0 Å². The molecule has 10 aromatic rings. The standard InChI is InChI=1S/C32H29F3N2O2.C32H34O2.C19H18F6/c1-18-6-8-23(14-20(18)3)30(38)36-25-10-12-27(22(5)16-25)28-13-11-26(17-29(28)32(33,34)35)37-31(39)24-9-7-19(2)21(4)15-24;1-19-9-11-29(17-21(19)3)33-31-23(5)13-27(14-24(31)6)28-15-25(7)32(26(8)16-28)34-30-12-10-20(2)22(4)18-30;1-11-5-7-15(9-13(11)3)17(18(20,21)22,19(23,24)25)16-8-6-12(2)14(4)10-16/h6-17H,1-5H3,(H,36,38)(H,37,39);9-18H,1-8H3;5-10H,1-4H3. The summed E-state index contributed by atoms with van der Waals surface area (Å²) in [5.41, 5.74) is 13.6. The number of carbonyl (C=O) groups excluding carboxylic acids is 2. The van der Waals surface area contributed by atoms with Crippen molar-refractivity contribution in [3.63, 3.8) is 0 Å². The van der Waals surface area contributed by atoms with Crippen molar-refractivity contribution < 1.29 is 58.6 Å². The molecule has 0 saturated carbocycles. The Labute approximate surface area is 568 Å². The summed E-state index contributed by atoms with van der Waals surface area (Å²) in [6.07, 6.45) is -15.7. The number of amides is 2. The summed E-state index contributed by atoms with van der Waals surface area (Å²) in [6, 6.07) is 46.8. The molecule has 0 atom stereocenters. The van der Waals surface area contributed by atoms with Crippen LogP contribution in [0.3, 0.4) is 0 Å². The highest BCUT2D eigenvalue weighted by Gasteiger charge is 2.72. The smallest absolute Gasteiger partial charge is 0.417 e. The number of hydrogen-bond donors (Lipinski definition) is 2. The molecule has 10 aromatic carbocycles. The molecular formula is C83H81F9N2O4. The Hall–Kier alpha value is -9.89. The molecule has 10 rings (SSSR count). The fourth-order valence-corrected chi connectivity index (χ4v) is 11.6. The average molecular weight is 1340 g/mol. The van der Waals surface area contributed by atoms with Crippen molar-refractivity contribution in [2.24, 2.45) is 0 Å². The summed E-state index contributed by atoms with van der Waals surface area (Å²) in [5, 5.41) is 5.39. The maximum Gasteiger partial charge on any atom is 0.417 e. The Morgan fingerprint density at radius 1 is 0.296 bits per heavy atom. The first kappa shape index (κ1) is 73.9. The molecule has 0 saturated heterocycles. The lowest BCUT2D eigenvalue weighted by molar-refractivity contribution is -0.288. The number of carbonyl (C=O) groups is 2. The van der Waals surface area contributed by atoms with Gasteiger partial charge in [0.05, 0.1) is 5.56 Å². The van der Waals surface area contributed by atoms with E-state index in [9.17, 15) is 49.1 Å². The van der Waals surface area contributed by atoms with E-state index in [1.165, 1.54) is 71.5 Å². The molecule has 0 aliphatic rings. The third-order valence-corrected chi connectivity index (χ3v) is 18.3. The molecule has 2 N–H and O–H groups in total. The zero-order valence-corrected chi connectivity index (χ0v) is 58.2. The summed E-state index contributed by atoms with van der Waals surface area (Å²) in [7, 11) is 0. The molecule has 0 bridgehead atoms. The van der Waals surface area contributed by atoms with Crippen molar-refractivity contribution in [2.45, 2.75) is 142 Å². The van der Waals surface area contributed by atoms with Crippen LogP contribution in [0.2, 0.25) is 0 Å². The van der Waals surface area contributed by atoms with E-state index in [0.29, 0.717) is 50.2 Å². The van der Waals surface area contributed by atoms with Crippen molar-refractivity contribution in [3.05, 3.63) is 292 Å². The minimum atomic E-state index is -5.55. The van der Waals surface area contributed by atoms with Crippen LogP contribution in [0, 0.1) is 118 Å². The van der Waals surface area contributed by atoms with Gasteiger partial charge >= 0.3 is 18.5 Å². The number of anilines is 2. The highest BCUT2D eigenvalue weighted by atomic mass is 19.4. The van der Waals surface area contributed by atoms with E-state index in [2.05, 4.69) is 115 Å². The molecular weight excluding hydrogens is 1260 g/mol. The van der Waals surface area contributed by atoms with Crippen LogP contribution in [-0.2, 0) is 11.6 Å². The van der Waals surface area contributed by atoms with Crippen LogP contribution in [0.4, 0.5) is 50.9 Å². The Morgan fingerprint density at radius 2 is 0.612 bits per heavy atom. The van der Waals surface area contributed by atoms with Gasteiger partial charge in [0.2, 0.25) is 5.41 Å². The Morgan fingerprint density at radius 3 is 0.929 bits per heavy atom. The van der Waals surface area contributed by atoms with Gasteiger partial charge in [0.1, 0.15) is 23.0 Å². The maximum atomic E-state index is 14.1. The van der Waals surface area contributed by atoms with Gasteiger partial charge in [-0.1, -0.05) is 72.8 Å². The molecule has 15 heteroatoms. The van der Waals surface area contributed by atoms with Crippen LogP contribution in [-0.4, -0.2) is 24.2 Å². The Balaban J connectivity index is 0.000000192. The normalized spacial score (nSPS) is 11.7. The van der Waals surface area contributed by atoms with Gasteiger partial charge in [0, 0.05) is 22.5 Å². The number of aryl methyl sites for hydroxylation is 17. The minimum absolute atomic E-state index is 0.0174. The molecule has 0 aliphatic heterocycles. The monoisotopic (exact) mass is 1340 g/mol. The van der Waals surface area contributed by atoms with E-state index in [1.807, 2.05) is 45.9 Å². The summed E-state index contributed by atoms with van der Waals surface area (Å²) in [5.74, 6) is 2.82. The van der Waals surface area contributed by atoms with Gasteiger partial charge in [0.15, 0.2) is 0 Å². The molecule has 0 spiro atoms. The first-order valence-corrected chi connectivity index (χ1v) is 31.9. The minimum Gasteiger partial charge on any atom is -0.457 e. The number of rotatable bonds is 12. The topological polar surface area (TPSA) is 76.7 Å². The Kier molecular flexibility index (Phi) is 22.2. The van der Waals surface area contributed by atoms with E-state index in [-0.39, 0.29) is 17.2 Å². The Bertz CT molecular complexity index is 4450. The highest BCUT2D eigenvalue weighted by molar-refractivity contribution is 6.05. The van der Waals surface area contributed by atoms with Crippen molar-refractivity contribution in [2.75, 3.05) is 10.6 Å². The molecule has 0 fully saturated rings. The summed E-state index contributed by atoms with van der Waals surface area (Å²) < 4.78 is 139. The molecule has 510 valence electrons. The second kappa shape index (κ2) is 29.4. The summed E-state index contributed by atoms with van der Waals surface area (Å²) in [6.45, 7) is 32.5. The number of alkyl halides is 9. The van der Waals surface area contributed by atoms with E-state index in [0.717, 1.165) is 97.8 Å². The lowest BCUT2D eigenvalue weighted by Gasteiger charge is -2.38. The second-order valence-corrected chi connectivity index (χ2v) is 25.7. The van der Waals surface area contributed by atoms with E-state index >= 15 is 0 Å². The van der Waals surface area contributed by atoms with E-state index in [1.54, 1.807) is 69.3 Å². The molecule has 0 aromatic heterocycles. The molecule has 0 unspecified atom stereocenters. The van der Waals surface area contributed by atoms with Gasteiger partial charge in [-0.2, -0.15) is 39.5 Å². The summed E-state index contributed by atoms with van der Waals surface area (Å²) >= 11 is 0. The lowest BCUT2D eigenvalue weighted by atomic mass is 9.71. The second-order valence-electron chi connectivity index (χ2n) is 25.7. The van der Waals surface area contributed by atoms with Gasteiger partial charge in [-0.3, -0.25) is 9.59 Å². The first-order valence-electron chi connectivity index (χ1n) is 31.9. The number of hydrogen-bond acceptors (Lipinski definition) is 4. The third kappa shape index (κ3) is 16.6. The first-order chi connectivity index (χ1) is 45.8. The largest absolute Gasteiger partial charge is 0.457 e. The number of benzene rings is 10. The number of nitrogens with one attached hydrogen (secondary N) is 2. The summed E-state index contributed by atoms with van der Waals surface area (Å²) in [4.78, 5) is 25.4. The van der Waals surface area contributed by atoms with Gasteiger partial charge in [-0.05, 0) is 343 Å². The molecule has 98 heavy (non-hydrogen) atoms. The van der Waals surface area contributed by atoms with Crippen LogP contribution in [0.1, 0.15) is 132 Å². The highest BCUT2D eigenvalue weighted by Crippen LogP contribution is 2.57. The van der Waals surface area contributed by atoms with Crippen LogP contribution in [0.15, 0.2) is 170 Å². The lowest BCUT2D eigenvalue weighted by Crippen LogP contribution is -2.54. The zero-order chi connectivity index (χ0) is 72.3. The van der Waals surface area contributed by atoms with Crippen LogP contribution >= 0.6 is 0 Å². The maximum absolute atomic E-state index is 14.1. The quantitative estimate of drug-likeness (QED) is 0.120. The zero-order valence-electron chi connectivity index (χ0n) is 58.2. The van der Waals surface area contributed by atoms with Crippen LogP contribution in [0.25, 0.3) is 22.3 Å². The van der Waals surface area contributed by atoms with Crippen molar-refractivity contribution in [1.29, 1.82) is 0 Å². The fourth-order valence-electron chi connectivity index (χ4n) is 11.6. The van der Waals surface area contributed by atoms with E-state index < -0.39 is 46.5 Å². The van der Waals surface area contributed by atoms with Gasteiger partial charge < -0.3 is 20.1 Å².